The van der Waals surface area contributed by atoms with Crippen molar-refractivity contribution in [1.82, 2.24) is 10.3 Å². The zero-order chi connectivity index (χ0) is 28.5. The van der Waals surface area contributed by atoms with Crippen molar-refractivity contribution in [2.45, 2.75) is 44.1 Å². The van der Waals surface area contributed by atoms with Crippen LogP contribution in [0.2, 0.25) is 0 Å². The molecule has 3 heterocycles. The number of nitrogens with zero attached hydrogens (tertiary/aromatic N) is 3. The van der Waals surface area contributed by atoms with Gasteiger partial charge in [-0.2, -0.15) is 0 Å². The molecule has 0 radical (unpaired) electrons. The summed E-state index contributed by atoms with van der Waals surface area (Å²) in [6.07, 6.45) is 0. The van der Waals surface area contributed by atoms with E-state index < -0.39 is 16.3 Å². The van der Waals surface area contributed by atoms with Crippen LogP contribution in [0.5, 0.6) is 5.75 Å². The Morgan fingerprint density at radius 1 is 1.15 bits per heavy atom. The van der Waals surface area contributed by atoms with Crippen LogP contribution in [0.15, 0.2) is 59.6 Å². The Labute approximate surface area is 235 Å². The maximum Gasteiger partial charge on any atom is 0.338 e. The van der Waals surface area contributed by atoms with Crippen molar-refractivity contribution in [3.05, 3.63) is 65.9 Å². The summed E-state index contributed by atoms with van der Waals surface area (Å²) in [4.78, 5) is 45.1. The number of aromatic nitrogens is 1. The molecule has 0 saturated carbocycles. The van der Waals surface area contributed by atoms with Gasteiger partial charge in [0.05, 0.1) is 22.8 Å². The van der Waals surface area contributed by atoms with Crippen LogP contribution in [0.3, 0.4) is 0 Å². The molecule has 0 spiro atoms. The number of aromatic carboxylic acids is 1. The Morgan fingerprint density at radius 2 is 1.82 bits per heavy atom. The molecule has 2 aromatic carbocycles. The van der Waals surface area contributed by atoms with Crippen LogP contribution in [0, 0.1) is 5.92 Å². The average molecular weight is 571 g/mol. The lowest BCUT2D eigenvalue weighted by molar-refractivity contribution is -0.124. The maximum atomic E-state index is 12.3. The second-order valence-corrected chi connectivity index (χ2v) is 10.8. The lowest BCUT2D eigenvalue weighted by atomic mass is 9.89. The normalized spacial score (nSPS) is 20.1. The van der Waals surface area contributed by atoms with Crippen molar-refractivity contribution in [1.29, 1.82) is 0 Å². The third kappa shape index (κ3) is 5.55. The molecule has 0 aliphatic carbocycles. The van der Waals surface area contributed by atoms with Crippen LogP contribution in [-0.4, -0.2) is 56.7 Å². The summed E-state index contributed by atoms with van der Waals surface area (Å²) in [7, 11) is 0. The van der Waals surface area contributed by atoms with Gasteiger partial charge < -0.3 is 20.1 Å². The van der Waals surface area contributed by atoms with E-state index in [4.69, 9.17) is 27.9 Å². The van der Waals surface area contributed by atoms with Crippen molar-refractivity contribution < 1.29 is 24.2 Å². The molecule has 0 bridgehead atoms. The Hall–Kier alpha value is -3.69. The van der Waals surface area contributed by atoms with Gasteiger partial charge in [-0.1, -0.05) is 67.4 Å². The van der Waals surface area contributed by atoms with Gasteiger partial charge in [0, 0.05) is 5.39 Å². The molecule has 2 aliphatic heterocycles. The molecule has 5 rings (SSSR count). The second-order valence-electron chi connectivity index (χ2n) is 9.74. The summed E-state index contributed by atoms with van der Waals surface area (Å²) in [5.74, 6) is -0.778. The summed E-state index contributed by atoms with van der Waals surface area (Å²) < 4.78 is 5.52. The second kappa shape index (κ2) is 11.2. The number of carbonyl (C=O) groups excluding carboxylic acids is 2. The van der Waals surface area contributed by atoms with Gasteiger partial charge in [-0.25, -0.2) is 14.8 Å². The minimum Gasteiger partial charge on any atom is -0.489 e. The number of fused-ring (bicyclic) bond motifs is 2. The fourth-order valence-corrected chi connectivity index (χ4v) is 4.46. The maximum absolute atomic E-state index is 12.3. The largest absolute Gasteiger partial charge is 0.489 e. The van der Waals surface area contributed by atoms with Gasteiger partial charge >= 0.3 is 5.97 Å². The number of halogens is 2. The number of carboxylic acids is 1. The van der Waals surface area contributed by atoms with E-state index in [1.807, 2.05) is 57.2 Å². The number of amides is 2. The van der Waals surface area contributed by atoms with E-state index in [2.05, 4.69) is 15.3 Å². The Bertz CT molecular complexity index is 1480. The molecule has 3 aromatic rings. The summed E-state index contributed by atoms with van der Waals surface area (Å²) in [6, 6.07) is 16.1. The number of nitrogens with one attached hydrogen (secondary N) is 1. The number of hydrogen-bond donors (Lipinski definition) is 2. The fourth-order valence-electron chi connectivity index (χ4n) is 4.25. The van der Waals surface area contributed by atoms with Crippen LogP contribution < -0.4 is 15.0 Å². The molecule has 2 aliphatic rings. The standard InChI is InChI=1S/C17H17N3O3.C11H11Cl2NO2/c1-9(2)17(3)16(23)19-14(20-17)13-11(15(21)22)8-10-6-4-5-7-12(10)18-13;1-7-6-16-9-5-3-2-4-8(9)14(7)11(15)10(12)13/h4-9H,1-3H3,(H,21,22)(H,19,20,23);2-5,7,10H,6H2,1H3. The van der Waals surface area contributed by atoms with Crippen molar-refractivity contribution in [3.63, 3.8) is 0 Å². The molecular formula is C28H28Cl2N4O5. The number of anilines is 1. The van der Waals surface area contributed by atoms with Crippen LogP contribution >= 0.6 is 23.2 Å². The first-order chi connectivity index (χ1) is 18.4. The van der Waals surface area contributed by atoms with Crippen LogP contribution in [0.4, 0.5) is 5.69 Å². The summed E-state index contributed by atoms with van der Waals surface area (Å²) in [5.41, 5.74) is 0.670. The number of rotatable bonds is 4. The number of carboxylic acid groups (broad SMARTS) is 1. The molecule has 204 valence electrons. The number of pyridine rings is 1. The van der Waals surface area contributed by atoms with Gasteiger partial charge in [-0.15, -0.1) is 0 Å². The van der Waals surface area contributed by atoms with E-state index >= 15 is 0 Å². The number of alkyl halides is 2. The molecule has 0 fully saturated rings. The van der Waals surface area contributed by atoms with Crippen molar-refractivity contribution in [2.75, 3.05) is 11.5 Å². The monoisotopic (exact) mass is 570 g/mol. The molecule has 9 nitrogen and oxygen atoms in total. The average Bonchev–Trinajstić information content (AvgIpc) is 3.23. The lowest BCUT2D eigenvalue weighted by Crippen LogP contribution is -2.47. The first-order valence-electron chi connectivity index (χ1n) is 12.3. The molecule has 2 N–H and O–H groups in total. The number of benzene rings is 2. The molecule has 2 unspecified atom stereocenters. The number of carbonyl (C=O) groups is 3. The minimum absolute atomic E-state index is 0.0197. The topological polar surface area (TPSA) is 121 Å². The number of hydrogen-bond acceptors (Lipinski definition) is 6. The van der Waals surface area contributed by atoms with E-state index in [-0.39, 0.29) is 40.9 Å². The smallest absolute Gasteiger partial charge is 0.338 e. The van der Waals surface area contributed by atoms with Crippen LogP contribution in [0.25, 0.3) is 10.9 Å². The molecule has 39 heavy (non-hydrogen) atoms. The van der Waals surface area contributed by atoms with Crippen molar-refractivity contribution in [2.24, 2.45) is 10.9 Å². The Balaban J connectivity index is 0.000000193. The fraction of sp³-hybridized carbons (Fsp3) is 0.321. The molecule has 2 amide bonds. The van der Waals surface area contributed by atoms with Gasteiger partial charge in [0.25, 0.3) is 11.8 Å². The van der Waals surface area contributed by atoms with E-state index in [0.29, 0.717) is 17.9 Å². The van der Waals surface area contributed by atoms with E-state index in [0.717, 1.165) is 11.1 Å². The zero-order valence-corrected chi connectivity index (χ0v) is 23.3. The third-order valence-electron chi connectivity index (χ3n) is 6.81. The van der Waals surface area contributed by atoms with Gasteiger partial charge in [-0.05, 0) is 44.0 Å². The first-order valence-corrected chi connectivity index (χ1v) is 13.2. The van der Waals surface area contributed by atoms with Gasteiger partial charge in [0.1, 0.15) is 23.6 Å². The van der Waals surface area contributed by atoms with E-state index in [1.54, 1.807) is 30.0 Å². The highest BCUT2D eigenvalue weighted by Gasteiger charge is 2.43. The van der Waals surface area contributed by atoms with E-state index in [9.17, 15) is 19.5 Å². The highest BCUT2D eigenvalue weighted by atomic mass is 35.5. The van der Waals surface area contributed by atoms with Crippen LogP contribution in [0.1, 0.15) is 43.7 Å². The molecular weight excluding hydrogens is 543 g/mol. The molecule has 0 saturated heterocycles. The number of ether oxygens (including phenoxy) is 1. The third-order valence-corrected chi connectivity index (χ3v) is 7.18. The molecule has 11 heteroatoms. The number of amidine groups is 1. The first kappa shape index (κ1) is 28.3. The highest BCUT2D eigenvalue weighted by Crippen LogP contribution is 2.34. The quantitative estimate of drug-likeness (QED) is 0.433. The highest BCUT2D eigenvalue weighted by molar-refractivity contribution is 6.54. The van der Waals surface area contributed by atoms with Crippen LogP contribution in [-0.2, 0) is 9.59 Å². The summed E-state index contributed by atoms with van der Waals surface area (Å²) in [6.45, 7) is 7.88. The van der Waals surface area contributed by atoms with Gasteiger partial charge in [0.2, 0.25) is 0 Å². The van der Waals surface area contributed by atoms with Crippen molar-refractivity contribution in [3.8, 4) is 5.75 Å². The summed E-state index contributed by atoms with van der Waals surface area (Å²) >= 11 is 11.3. The Morgan fingerprint density at radius 3 is 2.46 bits per heavy atom. The predicted molar refractivity (Wildman–Crippen MR) is 151 cm³/mol. The number of para-hydroxylation sites is 3. The molecule has 1 aromatic heterocycles. The minimum atomic E-state index is -1.10. The van der Waals surface area contributed by atoms with Gasteiger partial charge in [-0.3, -0.25) is 9.59 Å². The Kier molecular flexibility index (Phi) is 8.13. The van der Waals surface area contributed by atoms with Gasteiger partial charge in [0.15, 0.2) is 10.7 Å². The summed E-state index contributed by atoms with van der Waals surface area (Å²) in [5, 5.41) is 12.9. The lowest BCUT2D eigenvalue weighted by Gasteiger charge is -2.35. The zero-order valence-electron chi connectivity index (χ0n) is 21.8. The van der Waals surface area contributed by atoms with E-state index in [1.165, 1.54) is 0 Å². The number of aliphatic imine (C=N–C) groups is 1. The SMILES string of the molecule is CC(C)C1(C)N=C(c2nc3ccccc3cc2C(=O)O)NC1=O.CC1COc2ccccc2N1C(=O)C(Cl)Cl. The predicted octanol–water partition coefficient (Wildman–Crippen LogP) is 4.83. The van der Waals surface area contributed by atoms with Crippen molar-refractivity contribution >= 4 is 63.4 Å². The molecule has 2 atom stereocenters.